The van der Waals surface area contributed by atoms with Crippen molar-refractivity contribution in [1.82, 2.24) is 19.9 Å². The molecule has 1 aromatic carbocycles. The molecule has 130 valence electrons. The summed E-state index contributed by atoms with van der Waals surface area (Å²) in [5, 5.41) is 6.14. The molecular weight excluding hydrogens is 320 g/mol. The van der Waals surface area contributed by atoms with E-state index in [-0.39, 0.29) is 23.5 Å². The number of carbonyl (C=O) groups excluding carboxylic acids is 1. The van der Waals surface area contributed by atoms with Crippen LogP contribution in [-0.4, -0.2) is 27.7 Å². The van der Waals surface area contributed by atoms with Crippen molar-refractivity contribution < 1.29 is 9.53 Å². The number of ether oxygens (including phenoxy) is 1. The first-order valence-electron chi connectivity index (χ1n) is 8.02. The van der Waals surface area contributed by atoms with Crippen LogP contribution in [0.15, 0.2) is 53.5 Å². The molecule has 0 saturated heterocycles. The van der Waals surface area contributed by atoms with E-state index < -0.39 is 0 Å². The van der Waals surface area contributed by atoms with Gasteiger partial charge in [0.15, 0.2) is 5.65 Å². The van der Waals surface area contributed by atoms with Crippen molar-refractivity contribution >= 4 is 11.6 Å². The minimum absolute atomic E-state index is 0.177. The second-order valence-electron chi connectivity index (χ2n) is 5.82. The molecule has 2 heterocycles. The molecule has 0 amide bonds. The van der Waals surface area contributed by atoms with Gasteiger partial charge in [0.2, 0.25) is 0 Å². The highest BCUT2D eigenvalue weighted by Gasteiger charge is 2.26. The summed E-state index contributed by atoms with van der Waals surface area (Å²) in [4.78, 5) is 28.5. The third-order valence-corrected chi connectivity index (χ3v) is 4.17. The number of fused-ring (bicyclic) bond motifs is 1. The first-order valence-corrected chi connectivity index (χ1v) is 8.02. The molecule has 0 aliphatic rings. The van der Waals surface area contributed by atoms with E-state index in [0.29, 0.717) is 17.9 Å². The van der Waals surface area contributed by atoms with E-state index in [1.54, 1.807) is 12.3 Å². The van der Waals surface area contributed by atoms with Crippen LogP contribution in [0, 0.1) is 5.92 Å². The van der Waals surface area contributed by atoms with Crippen molar-refractivity contribution in [2.75, 3.05) is 7.11 Å². The lowest BCUT2D eigenvalue weighted by atomic mass is 9.94. The Morgan fingerprint density at radius 3 is 2.80 bits per heavy atom. The number of hydrogen-bond donors (Lipinski definition) is 2. The molecule has 25 heavy (non-hydrogen) atoms. The first-order chi connectivity index (χ1) is 12.1. The summed E-state index contributed by atoms with van der Waals surface area (Å²) in [6, 6.07) is 12.6. The molecule has 3 rings (SSSR count). The van der Waals surface area contributed by atoms with Crippen LogP contribution in [0.2, 0.25) is 0 Å². The van der Waals surface area contributed by atoms with Crippen LogP contribution in [0.1, 0.15) is 24.2 Å². The van der Waals surface area contributed by atoms with Crippen LogP contribution < -0.4 is 10.9 Å². The van der Waals surface area contributed by atoms with Gasteiger partial charge in [0.25, 0.3) is 5.56 Å². The van der Waals surface area contributed by atoms with Gasteiger partial charge in [-0.1, -0.05) is 37.3 Å². The predicted molar refractivity (Wildman–Crippen MR) is 93.0 cm³/mol. The lowest BCUT2D eigenvalue weighted by Gasteiger charge is -2.24. The summed E-state index contributed by atoms with van der Waals surface area (Å²) >= 11 is 0. The van der Waals surface area contributed by atoms with Gasteiger partial charge in [-0.05, 0) is 5.56 Å². The molecular formula is C18H20N4O3. The van der Waals surface area contributed by atoms with Gasteiger partial charge >= 0.3 is 5.97 Å². The maximum Gasteiger partial charge on any atom is 0.310 e. The number of H-pyrrole nitrogens is 1. The largest absolute Gasteiger partial charge is 0.469 e. The van der Waals surface area contributed by atoms with Crippen LogP contribution in [0.25, 0.3) is 5.65 Å². The Balaban J connectivity index is 1.84. The maximum atomic E-state index is 12.1. The number of nitrogens with one attached hydrogen (secondary N) is 2. The molecule has 0 spiro atoms. The number of hydrogen-bond acceptors (Lipinski definition) is 5. The fraction of sp³-hybridized carbons (Fsp3) is 0.278. The minimum Gasteiger partial charge on any atom is -0.469 e. The average Bonchev–Trinajstić information content (AvgIpc) is 3.11. The Bertz CT molecular complexity index is 917. The molecule has 0 aliphatic heterocycles. The van der Waals surface area contributed by atoms with E-state index in [9.17, 15) is 9.59 Å². The summed E-state index contributed by atoms with van der Waals surface area (Å²) < 4.78 is 6.25. The Morgan fingerprint density at radius 1 is 1.32 bits per heavy atom. The Labute approximate surface area is 144 Å². The van der Waals surface area contributed by atoms with E-state index >= 15 is 0 Å². The van der Waals surface area contributed by atoms with Crippen molar-refractivity contribution in [2.24, 2.45) is 5.92 Å². The Hall–Kier alpha value is -2.93. The third kappa shape index (κ3) is 3.61. The fourth-order valence-corrected chi connectivity index (χ4v) is 2.85. The number of nitrogens with zero attached hydrogens (tertiary/aromatic N) is 2. The molecule has 3 aromatic rings. The van der Waals surface area contributed by atoms with Gasteiger partial charge in [-0.25, -0.2) is 9.50 Å². The monoisotopic (exact) mass is 340 g/mol. The third-order valence-electron chi connectivity index (χ3n) is 4.17. The van der Waals surface area contributed by atoms with Crippen molar-refractivity contribution in [3.63, 3.8) is 0 Å². The summed E-state index contributed by atoms with van der Waals surface area (Å²) in [7, 11) is 1.38. The number of methoxy groups -OCH3 is 1. The second kappa shape index (κ2) is 7.31. The van der Waals surface area contributed by atoms with Crippen LogP contribution in [0.4, 0.5) is 0 Å². The molecule has 7 heteroatoms. The number of carbonyl (C=O) groups is 1. The molecule has 0 fully saturated rings. The van der Waals surface area contributed by atoms with E-state index in [4.69, 9.17) is 4.74 Å². The van der Waals surface area contributed by atoms with Crippen molar-refractivity contribution in [2.45, 2.75) is 19.5 Å². The summed E-state index contributed by atoms with van der Waals surface area (Å²) in [5.41, 5.74) is 1.97. The summed E-state index contributed by atoms with van der Waals surface area (Å²) in [6.07, 6.45) is 1.66. The smallest absolute Gasteiger partial charge is 0.310 e. The van der Waals surface area contributed by atoms with Gasteiger partial charge in [0.1, 0.15) is 0 Å². The molecule has 0 saturated carbocycles. The van der Waals surface area contributed by atoms with E-state index in [1.807, 2.05) is 37.3 Å². The summed E-state index contributed by atoms with van der Waals surface area (Å²) in [6.45, 7) is 2.17. The quantitative estimate of drug-likeness (QED) is 0.666. The highest BCUT2D eigenvalue weighted by atomic mass is 16.5. The molecule has 0 bridgehead atoms. The zero-order chi connectivity index (χ0) is 17.8. The lowest BCUT2D eigenvalue weighted by Crippen LogP contribution is -2.32. The topological polar surface area (TPSA) is 88.5 Å². The highest BCUT2D eigenvalue weighted by Crippen LogP contribution is 2.23. The number of rotatable bonds is 6. The van der Waals surface area contributed by atoms with Crippen LogP contribution in [-0.2, 0) is 16.1 Å². The molecule has 7 nitrogen and oxygen atoms in total. The van der Waals surface area contributed by atoms with E-state index in [2.05, 4.69) is 15.4 Å². The molecule has 2 unspecified atom stereocenters. The normalized spacial score (nSPS) is 13.5. The van der Waals surface area contributed by atoms with Gasteiger partial charge in [-0.2, -0.15) is 0 Å². The van der Waals surface area contributed by atoms with Crippen molar-refractivity contribution in [3.8, 4) is 0 Å². The Morgan fingerprint density at radius 2 is 2.08 bits per heavy atom. The zero-order valence-electron chi connectivity index (χ0n) is 14.1. The van der Waals surface area contributed by atoms with Crippen molar-refractivity contribution in [3.05, 3.63) is 70.3 Å². The standard InChI is InChI=1S/C18H20N4O3/c1-12(18(24)25-2)17(13-6-4-3-5-7-13)19-11-14-10-16(23)22-15(21-14)8-9-20-22/h3-10,12,17,19-20H,11H2,1-2H3. The number of aromatic amines is 1. The molecule has 2 aromatic heterocycles. The fourth-order valence-electron chi connectivity index (χ4n) is 2.85. The summed E-state index contributed by atoms with van der Waals surface area (Å²) in [5.74, 6) is -0.681. The predicted octanol–water partition coefficient (Wildman–Crippen LogP) is 1.66. The highest BCUT2D eigenvalue weighted by molar-refractivity contribution is 5.73. The second-order valence-corrected chi connectivity index (χ2v) is 5.82. The molecule has 0 aliphatic carbocycles. The first kappa shape index (κ1) is 16.9. The van der Waals surface area contributed by atoms with E-state index in [0.717, 1.165) is 5.56 Å². The zero-order valence-corrected chi connectivity index (χ0v) is 14.1. The van der Waals surface area contributed by atoms with Gasteiger partial charge < -0.3 is 10.1 Å². The number of benzene rings is 1. The number of aromatic nitrogens is 3. The molecule has 2 atom stereocenters. The van der Waals surface area contributed by atoms with Crippen molar-refractivity contribution in [1.29, 1.82) is 0 Å². The molecule has 0 radical (unpaired) electrons. The SMILES string of the molecule is COC(=O)C(C)C(NCc1cc(=O)n2[nH]ccc2n1)c1ccccc1. The Kier molecular flexibility index (Phi) is 4.95. The lowest BCUT2D eigenvalue weighted by molar-refractivity contribution is -0.146. The average molecular weight is 340 g/mol. The number of esters is 1. The van der Waals surface area contributed by atoms with Crippen LogP contribution in [0.3, 0.4) is 0 Å². The van der Waals surface area contributed by atoms with Gasteiger partial charge in [0.05, 0.1) is 18.7 Å². The van der Waals surface area contributed by atoms with Gasteiger partial charge in [-0.15, -0.1) is 0 Å². The molecule has 2 N–H and O–H groups in total. The van der Waals surface area contributed by atoms with Gasteiger partial charge in [-0.3, -0.25) is 14.7 Å². The van der Waals surface area contributed by atoms with Gasteiger partial charge in [0, 0.05) is 30.9 Å². The maximum absolute atomic E-state index is 12.1. The minimum atomic E-state index is -0.385. The van der Waals surface area contributed by atoms with E-state index in [1.165, 1.54) is 17.7 Å². The van der Waals surface area contributed by atoms with Crippen LogP contribution in [0.5, 0.6) is 0 Å². The van der Waals surface area contributed by atoms with Crippen LogP contribution >= 0.6 is 0 Å².